The normalized spacial score (nSPS) is 11.7. The first-order valence-electron chi connectivity index (χ1n) is 8.45. The van der Waals surface area contributed by atoms with Gasteiger partial charge < -0.3 is 24.6 Å². The molecule has 2 N–H and O–H groups in total. The van der Waals surface area contributed by atoms with Gasteiger partial charge in [0.25, 0.3) is 0 Å². The number of quaternary nitrogens is 1. The van der Waals surface area contributed by atoms with Crippen LogP contribution in [-0.2, 0) is 14.4 Å². The number of allylic oxidation sites excluding steroid dienone is 2. The van der Waals surface area contributed by atoms with Gasteiger partial charge >= 0.3 is 11.9 Å². The van der Waals surface area contributed by atoms with Crippen LogP contribution in [0.3, 0.4) is 0 Å². The third kappa shape index (κ3) is 11.6. The van der Waals surface area contributed by atoms with Gasteiger partial charge in [-0.2, -0.15) is 0 Å². The van der Waals surface area contributed by atoms with E-state index in [-0.39, 0.29) is 43.4 Å². The molecular formula is C17H29NO6. The topological polar surface area (TPSA) is 115 Å². The van der Waals surface area contributed by atoms with E-state index in [4.69, 9.17) is 10.2 Å². The van der Waals surface area contributed by atoms with E-state index in [0.717, 1.165) is 25.7 Å². The number of hydrogen-bond acceptors (Lipinski definition) is 4. The SMILES string of the molecule is CC/C=C/CCCC[N+](CCC(=O)[O-])(CCC(=O)O)CCC(=O)O. The lowest BCUT2D eigenvalue weighted by Gasteiger charge is -2.38. The van der Waals surface area contributed by atoms with Crippen LogP contribution >= 0.6 is 0 Å². The van der Waals surface area contributed by atoms with Crippen LogP contribution in [0.25, 0.3) is 0 Å². The molecule has 0 amide bonds. The van der Waals surface area contributed by atoms with Gasteiger partial charge in [0.2, 0.25) is 0 Å². The second kappa shape index (κ2) is 12.5. The number of unbranched alkanes of at least 4 members (excludes halogenated alkanes) is 2. The first-order chi connectivity index (χ1) is 11.3. The van der Waals surface area contributed by atoms with E-state index in [2.05, 4.69) is 19.1 Å². The van der Waals surface area contributed by atoms with Gasteiger partial charge in [0, 0.05) is 12.4 Å². The molecule has 7 nitrogen and oxygen atoms in total. The van der Waals surface area contributed by atoms with Crippen LogP contribution in [0.1, 0.15) is 51.9 Å². The fourth-order valence-corrected chi connectivity index (χ4v) is 2.66. The van der Waals surface area contributed by atoms with Gasteiger partial charge in [-0.05, 0) is 25.7 Å². The number of hydrogen-bond donors (Lipinski definition) is 2. The van der Waals surface area contributed by atoms with Crippen molar-refractivity contribution in [3.63, 3.8) is 0 Å². The molecule has 0 atom stereocenters. The molecular weight excluding hydrogens is 314 g/mol. The Kier molecular flexibility index (Phi) is 11.5. The maximum Gasteiger partial charge on any atom is 0.309 e. The monoisotopic (exact) mass is 343 g/mol. The van der Waals surface area contributed by atoms with Crippen molar-refractivity contribution >= 4 is 17.9 Å². The van der Waals surface area contributed by atoms with Crippen LogP contribution in [0, 0.1) is 0 Å². The number of carbonyl (C=O) groups is 3. The van der Waals surface area contributed by atoms with Crippen molar-refractivity contribution in [3.05, 3.63) is 12.2 Å². The lowest BCUT2D eigenvalue weighted by Crippen LogP contribution is -2.53. The molecule has 0 saturated heterocycles. The molecule has 0 aliphatic rings. The highest BCUT2D eigenvalue weighted by atomic mass is 16.4. The minimum absolute atomic E-state index is 0.109. The van der Waals surface area contributed by atoms with Gasteiger partial charge in [-0.1, -0.05) is 19.1 Å². The summed E-state index contributed by atoms with van der Waals surface area (Å²) >= 11 is 0. The molecule has 0 aliphatic carbocycles. The molecule has 0 aromatic heterocycles. The van der Waals surface area contributed by atoms with Gasteiger partial charge in [-0.3, -0.25) is 9.59 Å². The van der Waals surface area contributed by atoms with Crippen LogP contribution in [0.4, 0.5) is 0 Å². The third-order valence-corrected chi connectivity index (χ3v) is 4.05. The highest BCUT2D eigenvalue weighted by Crippen LogP contribution is 2.15. The summed E-state index contributed by atoms with van der Waals surface area (Å²) in [5.74, 6) is -3.13. The highest BCUT2D eigenvalue weighted by molar-refractivity contribution is 5.67. The van der Waals surface area contributed by atoms with Crippen molar-refractivity contribution in [2.45, 2.75) is 51.9 Å². The van der Waals surface area contributed by atoms with Gasteiger partial charge in [0.05, 0.1) is 39.0 Å². The second-order valence-electron chi connectivity index (χ2n) is 6.02. The molecule has 0 unspecified atom stereocenters. The largest absolute Gasteiger partial charge is 0.550 e. The summed E-state index contributed by atoms with van der Waals surface area (Å²) in [6.07, 6.45) is 7.33. The predicted molar refractivity (Wildman–Crippen MR) is 87.1 cm³/mol. The molecule has 138 valence electrons. The Labute approximate surface area is 143 Å². The van der Waals surface area contributed by atoms with Crippen molar-refractivity contribution in [2.24, 2.45) is 0 Å². The minimum atomic E-state index is -1.20. The summed E-state index contributed by atoms with van der Waals surface area (Å²) in [6.45, 7) is 3.30. The molecule has 0 spiro atoms. The lowest BCUT2D eigenvalue weighted by atomic mass is 10.1. The molecule has 24 heavy (non-hydrogen) atoms. The fraction of sp³-hybridized carbons (Fsp3) is 0.706. The highest BCUT2D eigenvalue weighted by Gasteiger charge is 2.28. The molecule has 0 bridgehead atoms. The van der Waals surface area contributed by atoms with Gasteiger partial charge in [-0.25, -0.2) is 0 Å². The maximum atomic E-state index is 10.9. The third-order valence-electron chi connectivity index (χ3n) is 4.05. The Morgan fingerprint density at radius 1 is 0.875 bits per heavy atom. The Bertz CT molecular complexity index is 387. The Hall–Kier alpha value is -1.89. The zero-order chi connectivity index (χ0) is 18.4. The van der Waals surface area contributed by atoms with Crippen LogP contribution in [0.2, 0.25) is 0 Å². The summed E-state index contributed by atoms with van der Waals surface area (Å²) in [5.41, 5.74) is 0. The summed E-state index contributed by atoms with van der Waals surface area (Å²) in [7, 11) is 0. The molecule has 0 rings (SSSR count). The van der Waals surface area contributed by atoms with Gasteiger partial charge in [0.15, 0.2) is 0 Å². The van der Waals surface area contributed by atoms with Gasteiger partial charge in [0.1, 0.15) is 0 Å². The average molecular weight is 343 g/mol. The number of carbonyl (C=O) groups excluding carboxylic acids is 1. The van der Waals surface area contributed by atoms with Crippen molar-refractivity contribution in [1.82, 2.24) is 0 Å². The van der Waals surface area contributed by atoms with Crippen molar-refractivity contribution < 1.29 is 34.2 Å². The van der Waals surface area contributed by atoms with Crippen molar-refractivity contribution in [2.75, 3.05) is 26.2 Å². The Balaban J connectivity index is 4.84. The Morgan fingerprint density at radius 2 is 1.42 bits per heavy atom. The van der Waals surface area contributed by atoms with E-state index in [0.29, 0.717) is 6.54 Å². The zero-order valence-corrected chi connectivity index (χ0v) is 14.4. The summed E-state index contributed by atoms with van der Waals surface area (Å²) in [6, 6.07) is 0. The van der Waals surface area contributed by atoms with E-state index in [1.165, 1.54) is 0 Å². The molecule has 0 heterocycles. The van der Waals surface area contributed by atoms with E-state index < -0.39 is 17.9 Å². The number of carboxylic acid groups (broad SMARTS) is 3. The van der Waals surface area contributed by atoms with E-state index >= 15 is 0 Å². The smallest absolute Gasteiger partial charge is 0.309 e. The summed E-state index contributed by atoms with van der Waals surface area (Å²) in [5, 5.41) is 28.7. The maximum absolute atomic E-state index is 10.9. The van der Waals surface area contributed by atoms with Crippen LogP contribution in [0.15, 0.2) is 12.2 Å². The van der Waals surface area contributed by atoms with Crippen molar-refractivity contribution in [1.29, 1.82) is 0 Å². The van der Waals surface area contributed by atoms with Crippen LogP contribution < -0.4 is 5.11 Å². The van der Waals surface area contributed by atoms with E-state index in [1.807, 2.05) is 0 Å². The molecule has 0 radical (unpaired) electrons. The van der Waals surface area contributed by atoms with E-state index in [9.17, 15) is 19.5 Å². The number of carboxylic acids is 3. The molecule has 0 saturated carbocycles. The predicted octanol–water partition coefficient (Wildman–Crippen LogP) is 1.03. The minimum Gasteiger partial charge on any atom is -0.550 e. The first kappa shape index (κ1) is 22.1. The standard InChI is InChI=1S/C17H29NO6/c1-2-3-4-5-6-7-11-18(12-8-15(19)20,13-9-16(21)22)14-10-17(23)24/h3-4H,2,5-14H2,1H3,(H2-,19,20,21,22,23,24)/b4-3+. The van der Waals surface area contributed by atoms with Gasteiger partial charge in [-0.15, -0.1) is 0 Å². The average Bonchev–Trinajstić information content (AvgIpc) is 2.51. The second-order valence-corrected chi connectivity index (χ2v) is 6.02. The summed E-state index contributed by atoms with van der Waals surface area (Å²) in [4.78, 5) is 32.6. The zero-order valence-electron chi connectivity index (χ0n) is 14.4. The van der Waals surface area contributed by atoms with Crippen LogP contribution in [0.5, 0.6) is 0 Å². The Morgan fingerprint density at radius 3 is 1.88 bits per heavy atom. The molecule has 7 heteroatoms. The quantitative estimate of drug-likeness (QED) is 0.261. The first-order valence-corrected chi connectivity index (χ1v) is 8.45. The number of rotatable bonds is 15. The fourth-order valence-electron chi connectivity index (χ4n) is 2.66. The molecule has 0 aromatic rings. The lowest BCUT2D eigenvalue weighted by molar-refractivity contribution is -0.927. The van der Waals surface area contributed by atoms with Crippen LogP contribution in [-0.4, -0.2) is 58.8 Å². The molecule has 0 aromatic carbocycles. The molecule has 0 aliphatic heterocycles. The molecule has 0 fully saturated rings. The number of nitrogens with zero attached hydrogens (tertiary/aromatic N) is 1. The summed E-state index contributed by atoms with van der Waals surface area (Å²) < 4.78 is 0.198. The number of aliphatic carboxylic acids is 3. The van der Waals surface area contributed by atoms with Crippen molar-refractivity contribution in [3.8, 4) is 0 Å². The van der Waals surface area contributed by atoms with E-state index in [1.54, 1.807) is 0 Å².